The van der Waals surface area contributed by atoms with Gasteiger partial charge in [-0.05, 0) is 22.9 Å². The molecule has 1 aromatic carbocycles. The first kappa shape index (κ1) is 19.5. The average Bonchev–Trinajstić information content (AvgIpc) is 3.10. The van der Waals surface area contributed by atoms with Gasteiger partial charge in [0.1, 0.15) is 11.9 Å². The second kappa shape index (κ2) is 8.63. The largest absolute Gasteiger partial charge is 0.573 e. The molecule has 11 heteroatoms. The number of benzene rings is 1. The fourth-order valence-corrected chi connectivity index (χ4v) is 2.71. The third-order valence-electron chi connectivity index (χ3n) is 3.97. The van der Waals surface area contributed by atoms with Crippen molar-refractivity contribution in [3.8, 4) is 5.75 Å². The highest BCUT2D eigenvalue weighted by Crippen LogP contribution is 2.24. The average molecular weight is 387 g/mol. The summed E-state index contributed by atoms with van der Waals surface area (Å²) < 4.78 is 51.2. The molecule has 0 spiro atoms. The minimum absolute atomic E-state index is 0.233. The van der Waals surface area contributed by atoms with Gasteiger partial charge in [-0.1, -0.05) is 12.1 Å². The zero-order valence-corrected chi connectivity index (χ0v) is 14.7. The summed E-state index contributed by atoms with van der Waals surface area (Å²) in [5, 5.41) is 12.3. The molecular weight excluding hydrogens is 367 g/mol. The Balaban J connectivity index is 1.56. The summed E-state index contributed by atoms with van der Waals surface area (Å²) in [4.78, 5) is 3.59. The van der Waals surface area contributed by atoms with Gasteiger partial charge in [0.2, 0.25) is 5.82 Å². The maximum atomic E-state index is 12.2. The van der Waals surface area contributed by atoms with E-state index in [1.807, 2.05) is 0 Å². The number of tetrazole rings is 1. The predicted octanol–water partition coefficient (Wildman–Crippen LogP) is 1.79. The lowest BCUT2D eigenvalue weighted by Crippen LogP contribution is -2.38. The van der Waals surface area contributed by atoms with Crippen LogP contribution in [0.15, 0.2) is 24.3 Å². The van der Waals surface area contributed by atoms with E-state index in [9.17, 15) is 13.2 Å². The first-order chi connectivity index (χ1) is 12.9. The molecule has 27 heavy (non-hydrogen) atoms. The van der Waals surface area contributed by atoms with E-state index in [1.165, 1.54) is 16.9 Å². The van der Waals surface area contributed by atoms with Gasteiger partial charge in [-0.3, -0.25) is 4.90 Å². The Hall–Kier alpha value is -2.24. The molecule has 0 aliphatic carbocycles. The van der Waals surface area contributed by atoms with Crippen LogP contribution in [0.4, 0.5) is 13.2 Å². The lowest BCUT2D eigenvalue weighted by Gasteiger charge is -2.31. The third kappa shape index (κ3) is 5.88. The van der Waals surface area contributed by atoms with Crippen LogP contribution in [-0.2, 0) is 22.6 Å². The highest BCUT2D eigenvalue weighted by atomic mass is 19.4. The van der Waals surface area contributed by atoms with Crippen LogP contribution in [0.3, 0.4) is 0 Å². The van der Waals surface area contributed by atoms with Crippen LogP contribution in [0.25, 0.3) is 0 Å². The lowest BCUT2D eigenvalue weighted by molar-refractivity contribution is -0.274. The molecule has 0 radical (unpaired) electrons. The molecule has 2 aromatic rings. The van der Waals surface area contributed by atoms with E-state index in [-0.39, 0.29) is 11.9 Å². The molecule has 1 aromatic heterocycles. The summed E-state index contributed by atoms with van der Waals surface area (Å²) in [7, 11) is 1.60. The van der Waals surface area contributed by atoms with Crippen LogP contribution in [0.2, 0.25) is 0 Å². The number of methoxy groups -OCH3 is 1. The fraction of sp³-hybridized carbons (Fsp3) is 0.562. The van der Waals surface area contributed by atoms with Crippen LogP contribution in [0, 0.1) is 0 Å². The zero-order chi connectivity index (χ0) is 19.3. The minimum Gasteiger partial charge on any atom is -0.406 e. The van der Waals surface area contributed by atoms with Crippen molar-refractivity contribution in [1.82, 2.24) is 25.1 Å². The van der Waals surface area contributed by atoms with Crippen molar-refractivity contribution < 1.29 is 27.4 Å². The van der Waals surface area contributed by atoms with Crippen molar-refractivity contribution in [2.24, 2.45) is 0 Å². The van der Waals surface area contributed by atoms with Crippen molar-refractivity contribution in [2.75, 3.05) is 33.4 Å². The molecule has 148 valence electrons. The molecule has 0 bridgehead atoms. The summed E-state index contributed by atoms with van der Waals surface area (Å²) in [6.45, 7) is 3.34. The van der Waals surface area contributed by atoms with Crippen molar-refractivity contribution in [3.05, 3.63) is 35.7 Å². The lowest BCUT2D eigenvalue weighted by atomic mass is 10.2. The van der Waals surface area contributed by atoms with Gasteiger partial charge in [-0.2, -0.15) is 4.80 Å². The van der Waals surface area contributed by atoms with E-state index < -0.39 is 6.36 Å². The Morgan fingerprint density at radius 1 is 1.26 bits per heavy atom. The summed E-state index contributed by atoms with van der Waals surface area (Å²) >= 11 is 0. The zero-order valence-electron chi connectivity index (χ0n) is 14.7. The molecule has 1 unspecified atom stereocenters. The van der Waals surface area contributed by atoms with Crippen LogP contribution < -0.4 is 4.74 Å². The van der Waals surface area contributed by atoms with Crippen molar-refractivity contribution >= 4 is 0 Å². The first-order valence-corrected chi connectivity index (χ1v) is 8.38. The second-order valence-electron chi connectivity index (χ2n) is 6.02. The molecule has 3 rings (SSSR count). The third-order valence-corrected chi connectivity index (χ3v) is 3.97. The highest BCUT2D eigenvalue weighted by Gasteiger charge is 2.31. The van der Waals surface area contributed by atoms with Crippen molar-refractivity contribution in [3.63, 3.8) is 0 Å². The number of ether oxygens (including phenoxy) is 3. The first-order valence-electron chi connectivity index (χ1n) is 8.38. The normalized spacial score (nSPS) is 18.6. The van der Waals surface area contributed by atoms with E-state index in [2.05, 4.69) is 25.0 Å². The number of halogens is 3. The van der Waals surface area contributed by atoms with E-state index in [1.54, 1.807) is 19.2 Å². The molecule has 0 saturated carbocycles. The molecule has 1 fully saturated rings. The topological polar surface area (TPSA) is 74.5 Å². The van der Waals surface area contributed by atoms with Gasteiger partial charge in [0.25, 0.3) is 0 Å². The van der Waals surface area contributed by atoms with E-state index in [0.29, 0.717) is 45.2 Å². The van der Waals surface area contributed by atoms with Gasteiger partial charge in [0.05, 0.1) is 19.8 Å². The summed E-state index contributed by atoms with van der Waals surface area (Å²) in [6, 6.07) is 5.85. The minimum atomic E-state index is -4.69. The Kier molecular flexibility index (Phi) is 6.24. The molecule has 1 saturated heterocycles. The SMILES string of the molecule is COCCn1nnc(C2CN(Cc3ccc(OC(F)(F)F)cc3)CCO2)n1. The van der Waals surface area contributed by atoms with Crippen molar-refractivity contribution in [1.29, 1.82) is 0 Å². The monoisotopic (exact) mass is 387 g/mol. The standard InChI is InChI=1S/C16H20F3N5O3/c1-25-8-7-24-21-15(20-22-24)14-11-23(6-9-26-14)10-12-2-4-13(5-3-12)27-16(17,18)19/h2-5,14H,6-11H2,1H3. The maximum Gasteiger partial charge on any atom is 0.573 e. The Bertz CT molecular complexity index is 723. The smallest absolute Gasteiger partial charge is 0.406 e. The van der Waals surface area contributed by atoms with Gasteiger partial charge >= 0.3 is 6.36 Å². The molecule has 2 heterocycles. The maximum absolute atomic E-state index is 12.2. The second-order valence-corrected chi connectivity index (χ2v) is 6.02. The number of morpholine rings is 1. The fourth-order valence-electron chi connectivity index (χ4n) is 2.71. The number of rotatable bonds is 7. The van der Waals surface area contributed by atoms with E-state index in [4.69, 9.17) is 9.47 Å². The van der Waals surface area contributed by atoms with Crippen LogP contribution in [0.1, 0.15) is 17.5 Å². The van der Waals surface area contributed by atoms with Gasteiger partial charge in [-0.15, -0.1) is 23.4 Å². The summed E-state index contributed by atoms with van der Waals surface area (Å²) in [5.74, 6) is 0.271. The van der Waals surface area contributed by atoms with Crippen LogP contribution >= 0.6 is 0 Å². The predicted molar refractivity (Wildman–Crippen MR) is 86.8 cm³/mol. The quantitative estimate of drug-likeness (QED) is 0.717. The van der Waals surface area contributed by atoms with Crippen LogP contribution in [0.5, 0.6) is 5.75 Å². The molecule has 1 atom stereocenters. The summed E-state index contributed by atoms with van der Waals surface area (Å²) in [6.07, 6.45) is -4.99. The molecule has 0 N–H and O–H groups in total. The molecule has 1 aliphatic heterocycles. The summed E-state index contributed by atoms with van der Waals surface area (Å²) in [5.41, 5.74) is 0.877. The Morgan fingerprint density at radius 3 is 2.74 bits per heavy atom. The molecule has 0 amide bonds. The van der Waals surface area contributed by atoms with Gasteiger partial charge in [0.15, 0.2) is 0 Å². The van der Waals surface area contributed by atoms with Crippen LogP contribution in [-0.4, -0.2) is 64.9 Å². The molecular formula is C16H20F3N5O3. The van der Waals surface area contributed by atoms with Gasteiger partial charge in [0, 0.05) is 26.7 Å². The number of hydrogen-bond acceptors (Lipinski definition) is 7. The molecule has 8 nitrogen and oxygen atoms in total. The number of alkyl halides is 3. The number of nitrogens with zero attached hydrogens (tertiary/aromatic N) is 5. The van der Waals surface area contributed by atoms with Gasteiger partial charge < -0.3 is 14.2 Å². The highest BCUT2D eigenvalue weighted by molar-refractivity contribution is 5.27. The van der Waals surface area contributed by atoms with E-state index >= 15 is 0 Å². The van der Waals surface area contributed by atoms with Gasteiger partial charge in [-0.25, -0.2) is 0 Å². The number of hydrogen-bond donors (Lipinski definition) is 0. The molecule has 1 aliphatic rings. The Labute approximate surface area is 153 Å². The Morgan fingerprint density at radius 2 is 2.04 bits per heavy atom. The van der Waals surface area contributed by atoms with Crippen molar-refractivity contribution in [2.45, 2.75) is 25.6 Å². The van der Waals surface area contributed by atoms with E-state index in [0.717, 1.165) is 5.56 Å². The number of aromatic nitrogens is 4.